The highest BCUT2D eigenvalue weighted by molar-refractivity contribution is 5.53. The van der Waals surface area contributed by atoms with Gasteiger partial charge in [-0.25, -0.2) is 0 Å². The number of piperazine rings is 1. The van der Waals surface area contributed by atoms with E-state index in [1.54, 1.807) is 0 Å². The van der Waals surface area contributed by atoms with Gasteiger partial charge in [0, 0.05) is 31.2 Å². The normalized spacial score (nSPS) is 20.2. The maximum atomic E-state index is 5.36. The lowest BCUT2D eigenvalue weighted by molar-refractivity contribution is 0.160. The fourth-order valence-corrected chi connectivity index (χ4v) is 2.43. The first-order valence-electron chi connectivity index (χ1n) is 7.07. The van der Waals surface area contributed by atoms with Crippen LogP contribution in [-0.2, 0) is 6.54 Å². The molecule has 1 aromatic heterocycles. The summed E-state index contributed by atoms with van der Waals surface area (Å²) in [6.45, 7) is 8.09. The molecule has 0 aliphatic carbocycles. The molecule has 0 saturated carbocycles. The third-order valence-electron chi connectivity index (χ3n) is 3.75. The topological polar surface area (TPSA) is 54.2 Å². The quantitative estimate of drug-likeness (QED) is 0.924. The van der Waals surface area contributed by atoms with E-state index < -0.39 is 0 Å². The third kappa shape index (κ3) is 2.89. The predicted octanol–water partition coefficient (Wildman–Crippen LogP) is 1.84. The molecule has 2 aromatic rings. The number of nitrogens with zero attached hydrogens (tertiary/aromatic N) is 3. The van der Waals surface area contributed by atoms with Gasteiger partial charge in [0.1, 0.15) is 0 Å². The van der Waals surface area contributed by atoms with Crippen molar-refractivity contribution in [3.8, 4) is 11.5 Å². The van der Waals surface area contributed by atoms with Crippen molar-refractivity contribution < 1.29 is 4.52 Å². The second-order valence-electron chi connectivity index (χ2n) is 5.41. The summed E-state index contributed by atoms with van der Waals surface area (Å²) in [4.78, 5) is 6.87. The van der Waals surface area contributed by atoms with Gasteiger partial charge in [0.15, 0.2) is 5.82 Å². The zero-order valence-corrected chi connectivity index (χ0v) is 12.0. The summed E-state index contributed by atoms with van der Waals surface area (Å²) < 4.78 is 5.36. The van der Waals surface area contributed by atoms with Crippen molar-refractivity contribution in [3.63, 3.8) is 0 Å². The molecule has 3 rings (SSSR count). The summed E-state index contributed by atoms with van der Waals surface area (Å²) in [5.41, 5.74) is 2.20. The minimum absolute atomic E-state index is 0.505. The summed E-state index contributed by atoms with van der Waals surface area (Å²) in [5, 5.41) is 7.48. The molecule has 0 unspecified atom stereocenters. The van der Waals surface area contributed by atoms with E-state index in [0.29, 0.717) is 11.9 Å². The van der Waals surface area contributed by atoms with Gasteiger partial charge in [0.25, 0.3) is 5.89 Å². The first kappa shape index (κ1) is 13.3. The molecule has 1 aliphatic rings. The average Bonchev–Trinajstić information content (AvgIpc) is 2.91. The van der Waals surface area contributed by atoms with Crippen molar-refractivity contribution in [2.45, 2.75) is 26.4 Å². The van der Waals surface area contributed by atoms with Crippen LogP contribution in [0.3, 0.4) is 0 Å². The summed E-state index contributed by atoms with van der Waals surface area (Å²) in [5.74, 6) is 1.36. The number of hydrogen-bond acceptors (Lipinski definition) is 5. The summed E-state index contributed by atoms with van der Waals surface area (Å²) in [7, 11) is 0. The van der Waals surface area contributed by atoms with Crippen LogP contribution in [0.15, 0.2) is 28.8 Å². The van der Waals surface area contributed by atoms with Gasteiger partial charge in [-0.05, 0) is 26.0 Å². The highest BCUT2D eigenvalue weighted by Crippen LogP contribution is 2.18. The maximum Gasteiger partial charge on any atom is 0.257 e. The molecular weight excluding hydrogens is 252 g/mol. The van der Waals surface area contributed by atoms with Crippen molar-refractivity contribution >= 4 is 0 Å². The molecule has 0 radical (unpaired) electrons. The smallest absolute Gasteiger partial charge is 0.257 e. The van der Waals surface area contributed by atoms with Crippen LogP contribution < -0.4 is 5.32 Å². The molecular formula is C15H20N4O. The van der Waals surface area contributed by atoms with E-state index >= 15 is 0 Å². The molecule has 0 spiro atoms. The molecule has 106 valence electrons. The van der Waals surface area contributed by atoms with Gasteiger partial charge in [0.05, 0.1) is 6.54 Å². The Morgan fingerprint density at radius 1 is 1.35 bits per heavy atom. The minimum atomic E-state index is 0.505. The summed E-state index contributed by atoms with van der Waals surface area (Å²) in [6.07, 6.45) is 0. The first-order valence-corrected chi connectivity index (χ1v) is 7.07. The Balaban J connectivity index is 1.71. The van der Waals surface area contributed by atoms with Crippen LogP contribution in [0.2, 0.25) is 0 Å². The summed E-state index contributed by atoms with van der Waals surface area (Å²) >= 11 is 0. The highest BCUT2D eigenvalue weighted by atomic mass is 16.5. The second-order valence-corrected chi connectivity index (χ2v) is 5.41. The van der Waals surface area contributed by atoms with Gasteiger partial charge in [-0.3, -0.25) is 4.90 Å². The highest BCUT2D eigenvalue weighted by Gasteiger charge is 2.20. The lowest BCUT2D eigenvalue weighted by Crippen LogP contribution is -2.49. The van der Waals surface area contributed by atoms with Crippen molar-refractivity contribution in [3.05, 3.63) is 35.7 Å². The molecule has 1 fully saturated rings. The van der Waals surface area contributed by atoms with Crippen LogP contribution in [0.4, 0.5) is 0 Å². The number of rotatable bonds is 3. The minimum Gasteiger partial charge on any atom is -0.334 e. The number of hydrogen-bond donors (Lipinski definition) is 1. The zero-order valence-electron chi connectivity index (χ0n) is 12.0. The fourth-order valence-electron chi connectivity index (χ4n) is 2.43. The van der Waals surface area contributed by atoms with E-state index in [-0.39, 0.29) is 0 Å². The number of aryl methyl sites for hydroxylation is 1. The van der Waals surface area contributed by atoms with Crippen LogP contribution >= 0.6 is 0 Å². The van der Waals surface area contributed by atoms with Gasteiger partial charge < -0.3 is 9.84 Å². The Kier molecular flexibility index (Phi) is 3.80. The van der Waals surface area contributed by atoms with Gasteiger partial charge >= 0.3 is 0 Å². The molecule has 1 aliphatic heterocycles. The number of aromatic nitrogens is 2. The van der Waals surface area contributed by atoms with E-state index in [1.165, 1.54) is 5.56 Å². The second kappa shape index (κ2) is 5.73. The Morgan fingerprint density at radius 2 is 2.15 bits per heavy atom. The van der Waals surface area contributed by atoms with Gasteiger partial charge in [-0.1, -0.05) is 22.9 Å². The van der Waals surface area contributed by atoms with Crippen LogP contribution in [0, 0.1) is 6.92 Å². The molecule has 1 atom stereocenters. The Morgan fingerprint density at radius 3 is 2.90 bits per heavy atom. The van der Waals surface area contributed by atoms with E-state index in [4.69, 9.17) is 4.52 Å². The van der Waals surface area contributed by atoms with Gasteiger partial charge in [-0.2, -0.15) is 4.98 Å². The monoisotopic (exact) mass is 272 g/mol. The number of benzene rings is 1. The van der Waals surface area contributed by atoms with E-state index in [2.05, 4.69) is 46.3 Å². The molecule has 1 aromatic carbocycles. The van der Waals surface area contributed by atoms with E-state index in [9.17, 15) is 0 Å². The molecule has 1 N–H and O–H groups in total. The molecule has 5 nitrogen and oxygen atoms in total. The van der Waals surface area contributed by atoms with Gasteiger partial charge in [-0.15, -0.1) is 0 Å². The average molecular weight is 272 g/mol. The molecule has 2 heterocycles. The van der Waals surface area contributed by atoms with Gasteiger partial charge in [0.2, 0.25) is 0 Å². The molecule has 5 heteroatoms. The molecule has 0 bridgehead atoms. The fraction of sp³-hybridized carbons (Fsp3) is 0.467. The largest absolute Gasteiger partial charge is 0.334 e. The van der Waals surface area contributed by atoms with Crippen molar-refractivity contribution in [2.75, 3.05) is 19.6 Å². The third-order valence-corrected chi connectivity index (χ3v) is 3.75. The van der Waals surface area contributed by atoms with Crippen LogP contribution in [-0.4, -0.2) is 40.7 Å². The maximum absolute atomic E-state index is 5.36. The Bertz CT molecular complexity index is 564. The standard InChI is InChI=1S/C15H20N4O/c1-11-3-5-13(6-4-11)15-17-14(18-20-15)10-19-8-7-16-9-12(19)2/h3-6,12,16H,7-10H2,1-2H3/t12-/m0/s1. The van der Waals surface area contributed by atoms with E-state index in [1.807, 2.05) is 12.1 Å². The van der Waals surface area contributed by atoms with Crippen molar-refractivity contribution in [2.24, 2.45) is 0 Å². The summed E-state index contributed by atoms with van der Waals surface area (Å²) in [6, 6.07) is 8.64. The number of nitrogens with one attached hydrogen (secondary N) is 1. The SMILES string of the molecule is Cc1ccc(-c2nc(CN3CCNC[C@@H]3C)no2)cc1. The lowest BCUT2D eigenvalue weighted by Gasteiger charge is -2.32. The molecule has 0 amide bonds. The van der Waals surface area contributed by atoms with Crippen LogP contribution in [0.5, 0.6) is 0 Å². The van der Waals surface area contributed by atoms with Crippen molar-refractivity contribution in [1.29, 1.82) is 0 Å². The Labute approximate surface area is 119 Å². The van der Waals surface area contributed by atoms with Crippen LogP contribution in [0.25, 0.3) is 11.5 Å². The first-order chi connectivity index (χ1) is 9.72. The lowest BCUT2D eigenvalue weighted by atomic mass is 10.1. The molecule has 1 saturated heterocycles. The molecule has 20 heavy (non-hydrogen) atoms. The van der Waals surface area contributed by atoms with Crippen LogP contribution in [0.1, 0.15) is 18.3 Å². The zero-order chi connectivity index (χ0) is 13.9. The predicted molar refractivity (Wildman–Crippen MR) is 77.2 cm³/mol. The van der Waals surface area contributed by atoms with Crippen molar-refractivity contribution in [1.82, 2.24) is 20.4 Å². The Hall–Kier alpha value is -1.72. The van der Waals surface area contributed by atoms with E-state index in [0.717, 1.165) is 37.6 Å².